The first-order valence-corrected chi connectivity index (χ1v) is 7.52. The third-order valence-corrected chi connectivity index (χ3v) is 3.02. The van der Waals surface area contributed by atoms with Gasteiger partial charge in [-0.05, 0) is 38.2 Å². The van der Waals surface area contributed by atoms with Gasteiger partial charge in [-0.2, -0.15) is 0 Å². The minimum absolute atomic E-state index is 0.0120. The van der Waals surface area contributed by atoms with Gasteiger partial charge in [-0.25, -0.2) is 0 Å². The lowest BCUT2D eigenvalue weighted by Gasteiger charge is -2.16. The number of hydrogen-bond donors (Lipinski definition) is 4. The van der Waals surface area contributed by atoms with E-state index < -0.39 is 5.91 Å². The van der Waals surface area contributed by atoms with E-state index >= 15 is 0 Å². The zero-order valence-electron chi connectivity index (χ0n) is 13.4. The fourth-order valence-electron chi connectivity index (χ4n) is 1.77. The molecule has 0 aliphatic heterocycles. The van der Waals surface area contributed by atoms with Crippen LogP contribution in [-0.2, 0) is 9.53 Å². The van der Waals surface area contributed by atoms with Crippen molar-refractivity contribution in [2.24, 2.45) is 0 Å². The molecule has 126 valence electrons. The average Bonchev–Trinajstić information content (AvgIpc) is 2.50. The number of rotatable bonds is 6. The first-order chi connectivity index (χ1) is 10.9. The molecule has 0 bridgehead atoms. The van der Waals surface area contributed by atoms with Gasteiger partial charge in [0.15, 0.2) is 5.11 Å². The molecule has 0 fully saturated rings. The van der Waals surface area contributed by atoms with Crippen LogP contribution in [0.5, 0.6) is 0 Å². The molecule has 1 aromatic carbocycles. The second-order valence-electron chi connectivity index (χ2n) is 5.06. The van der Waals surface area contributed by atoms with Crippen molar-refractivity contribution in [1.82, 2.24) is 21.5 Å². The highest BCUT2D eigenvalue weighted by Gasteiger charge is 2.09. The van der Waals surface area contributed by atoms with Crippen molar-refractivity contribution in [1.29, 1.82) is 0 Å². The summed E-state index contributed by atoms with van der Waals surface area (Å²) in [5.41, 5.74) is 6.45. The Labute approximate surface area is 141 Å². The van der Waals surface area contributed by atoms with E-state index in [9.17, 15) is 9.59 Å². The number of methoxy groups -OCH3 is 1. The molecule has 0 saturated carbocycles. The maximum absolute atomic E-state index is 11.9. The SMILES string of the molecule is COC[C@@H](C)NC(=S)NNC(=O)CNC(=O)c1cccc(C)c1. The van der Waals surface area contributed by atoms with Crippen LogP contribution in [-0.4, -0.2) is 43.2 Å². The Hall–Kier alpha value is -2.19. The predicted octanol–water partition coefficient (Wildman–Crippen LogP) is 0.255. The summed E-state index contributed by atoms with van der Waals surface area (Å²) in [4.78, 5) is 23.6. The number of benzene rings is 1. The fourth-order valence-corrected chi connectivity index (χ4v) is 2.02. The third-order valence-electron chi connectivity index (χ3n) is 2.80. The van der Waals surface area contributed by atoms with Crippen LogP contribution in [0.3, 0.4) is 0 Å². The predicted molar refractivity (Wildman–Crippen MR) is 91.9 cm³/mol. The highest BCUT2D eigenvalue weighted by Crippen LogP contribution is 2.03. The molecule has 7 nitrogen and oxygen atoms in total. The molecule has 0 spiro atoms. The maximum atomic E-state index is 11.9. The van der Waals surface area contributed by atoms with E-state index in [0.717, 1.165) is 5.56 Å². The van der Waals surface area contributed by atoms with Gasteiger partial charge in [0.2, 0.25) is 0 Å². The van der Waals surface area contributed by atoms with Gasteiger partial charge in [-0.15, -0.1) is 0 Å². The molecule has 1 atom stereocenters. The standard InChI is InChI=1S/C15H22N4O3S/c1-10-5-4-6-12(7-10)14(21)16-8-13(20)18-19-15(23)17-11(2)9-22-3/h4-7,11H,8-9H2,1-3H3,(H,16,21)(H,18,20)(H2,17,19,23)/t11-/m1/s1. The van der Waals surface area contributed by atoms with E-state index in [2.05, 4.69) is 21.5 Å². The molecule has 0 heterocycles. The summed E-state index contributed by atoms with van der Waals surface area (Å²) in [5.74, 6) is -0.715. The molecule has 0 aliphatic carbocycles. The van der Waals surface area contributed by atoms with Crippen LogP contribution in [0.15, 0.2) is 24.3 Å². The number of amides is 2. The van der Waals surface area contributed by atoms with Crippen molar-refractivity contribution in [3.63, 3.8) is 0 Å². The minimum Gasteiger partial charge on any atom is -0.383 e. The second-order valence-corrected chi connectivity index (χ2v) is 5.46. The summed E-state index contributed by atoms with van der Waals surface area (Å²) in [7, 11) is 1.59. The van der Waals surface area contributed by atoms with Crippen LogP contribution in [0, 0.1) is 6.92 Å². The second kappa shape index (κ2) is 9.75. The molecule has 0 unspecified atom stereocenters. The number of carbonyl (C=O) groups excluding carboxylic acids is 2. The molecule has 1 aromatic rings. The van der Waals surface area contributed by atoms with Crippen LogP contribution in [0.1, 0.15) is 22.8 Å². The zero-order valence-corrected chi connectivity index (χ0v) is 14.3. The zero-order chi connectivity index (χ0) is 17.2. The van der Waals surface area contributed by atoms with Crippen LogP contribution >= 0.6 is 12.2 Å². The Kier molecular flexibility index (Phi) is 8.00. The first-order valence-electron chi connectivity index (χ1n) is 7.11. The van der Waals surface area contributed by atoms with Gasteiger partial charge in [0.25, 0.3) is 11.8 Å². The van der Waals surface area contributed by atoms with Crippen LogP contribution in [0.2, 0.25) is 0 Å². The lowest BCUT2D eigenvalue weighted by atomic mass is 10.1. The van der Waals surface area contributed by atoms with Gasteiger partial charge in [0.05, 0.1) is 13.2 Å². The van der Waals surface area contributed by atoms with Crippen molar-refractivity contribution in [3.05, 3.63) is 35.4 Å². The van der Waals surface area contributed by atoms with Gasteiger partial charge in [-0.3, -0.25) is 20.4 Å². The van der Waals surface area contributed by atoms with Crippen molar-refractivity contribution in [2.75, 3.05) is 20.3 Å². The van der Waals surface area contributed by atoms with Crippen molar-refractivity contribution in [3.8, 4) is 0 Å². The smallest absolute Gasteiger partial charge is 0.257 e. The first kappa shape index (κ1) is 18.9. The summed E-state index contributed by atoms with van der Waals surface area (Å²) >= 11 is 5.01. The molecule has 2 amide bonds. The maximum Gasteiger partial charge on any atom is 0.257 e. The van der Waals surface area contributed by atoms with Crippen LogP contribution < -0.4 is 21.5 Å². The highest BCUT2D eigenvalue weighted by molar-refractivity contribution is 7.80. The third kappa shape index (κ3) is 7.57. The lowest BCUT2D eigenvalue weighted by molar-refractivity contribution is -0.120. The van der Waals surface area contributed by atoms with E-state index in [1.54, 1.807) is 25.3 Å². The number of ether oxygens (including phenoxy) is 1. The number of thiocarbonyl (C=S) groups is 1. The number of carbonyl (C=O) groups is 2. The van der Waals surface area contributed by atoms with Crippen molar-refractivity contribution in [2.45, 2.75) is 19.9 Å². The molecule has 23 heavy (non-hydrogen) atoms. The molecule has 1 rings (SSSR count). The summed E-state index contributed by atoms with van der Waals surface area (Å²) in [6.07, 6.45) is 0. The van der Waals surface area contributed by atoms with Crippen LogP contribution in [0.25, 0.3) is 0 Å². The topological polar surface area (TPSA) is 91.5 Å². The van der Waals surface area contributed by atoms with E-state index in [4.69, 9.17) is 17.0 Å². The molecule has 0 saturated heterocycles. The summed E-state index contributed by atoms with van der Waals surface area (Å²) in [6, 6.07) is 7.14. The minimum atomic E-state index is -0.408. The van der Waals surface area contributed by atoms with E-state index in [1.165, 1.54) is 0 Å². The molecule has 0 aliphatic rings. The molecular weight excluding hydrogens is 316 g/mol. The molecule has 0 radical (unpaired) electrons. The Morgan fingerprint density at radius 2 is 2.04 bits per heavy atom. The van der Waals surface area contributed by atoms with E-state index in [1.807, 2.05) is 19.9 Å². The molecule has 8 heteroatoms. The fraction of sp³-hybridized carbons (Fsp3) is 0.400. The Morgan fingerprint density at radius 3 is 2.70 bits per heavy atom. The van der Waals surface area contributed by atoms with E-state index in [0.29, 0.717) is 12.2 Å². The summed E-state index contributed by atoms with van der Waals surface area (Å²) in [5, 5.41) is 5.73. The quantitative estimate of drug-likeness (QED) is 0.439. The Bertz CT molecular complexity index is 565. The van der Waals surface area contributed by atoms with Gasteiger partial charge < -0.3 is 15.4 Å². The van der Waals surface area contributed by atoms with Gasteiger partial charge in [0, 0.05) is 18.7 Å². The molecule has 4 N–H and O–H groups in total. The summed E-state index contributed by atoms with van der Waals surface area (Å²) < 4.78 is 4.96. The molecular formula is C15H22N4O3S. The van der Waals surface area contributed by atoms with Crippen LogP contribution in [0.4, 0.5) is 0 Å². The average molecular weight is 338 g/mol. The van der Waals surface area contributed by atoms with Gasteiger partial charge in [-0.1, -0.05) is 17.7 Å². The lowest BCUT2D eigenvalue weighted by Crippen LogP contribution is -2.52. The number of hydrogen-bond acceptors (Lipinski definition) is 4. The number of nitrogens with one attached hydrogen (secondary N) is 4. The van der Waals surface area contributed by atoms with Gasteiger partial charge >= 0.3 is 0 Å². The largest absolute Gasteiger partial charge is 0.383 e. The Morgan fingerprint density at radius 1 is 1.30 bits per heavy atom. The number of hydrazine groups is 1. The Balaban J connectivity index is 2.29. The van der Waals surface area contributed by atoms with Crippen molar-refractivity contribution >= 4 is 29.1 Å². The highest BCUT2D eigenvalue weighted by atomic mass is 32.1. The van der Waals surface area contributed by atoms with E-state index in [-0.39, 0.29) is 23.6 Å². The molecule has 0 aromatic heterocycles. The van der Waals surface area contributed by atoms with Crippen molar-refractivity contribution < 1.29 is 14.3 Å². The summed E-state index contributed by atoms with van der Waals surface area (Å²) in [6.45, 7) is 4.12. The normalized spacial score (nSPS) is 11.3. The van der Waals surface area contributed by atoms with Gasteiger partial charge in [0.1, 0.15) is 0 Å². The number of aryl methyl sites for hydroxylation is 1. The monoisotopic (exact) mass is 338 g/mol.